The largest absolute Gasteiger partial charge is 0.385 e. The Morgan fingerprint density at radius 2 is 1.31 bits per heavy atom. The van der Waals surface area contributed by atoms with E-state index in [9.17, 15) is 10.2 Å². The Morgan fingerprint density at radius 3 is 1.69 bits per heavy atom. The molecule has 0 radical (unpaired) electrons. The predicted molar refractivity (Wildman–Crippen MR) is 111 cm³/mol. The first-order chi connectivity index (χ1) is 12.0. The van der Waals surface area contributed by atoms with Crippen LogP contribution in [0.15, 0.2) is 35.9 Å². The lowest BCUT2D eigenvalue weighted by Crippen LogP contribution is -2.47. The van der Waals surface area contributed by atoms with Crippen molar-refractivity contribution in [2.45, 2.75) is 78.9 Å². The van der Waals surface area contributed by atoms with E-state index in [4.69, 9.17) is 0 Å². The van der Waals surface area contributed by atoms with Gasteiger partial charge in [-0.2, -0.15) is 0 Å². The van der Waals surface area contributed by atoms with Gasteiger partial charge in [0.2, 0.25) is 0 Å². The molecule has 2 atom stereocenters. The minimum absolute atomic E-state index is 0.0761. The lowest BCUT2D eigenvalue weighted by atomic mass is 9.73. The Morgan fingerprint density at radius 1 is 0.808 bits per heavy atom. The van der Waals surface area contributed by atoms with Gasteiger partial charge in [0.15, 0.2) is 0 Å². The number of allylic oxidation sites excluding steroid dienone is 2. The lowest BCUT2D eigenvalue weighted by molar-refractivity contribution is -0.0441. The fourth-order valence-corrected chi connectivity index (χ4v) is 3.46. The normalized spacial score (nSPS) is 23.8. The van der Waals surface area contributed by atoms with Crippen molar-refractivity contribution in [3.63, 3.8) is 0 Å². The van der Waals surface area contributed by atoms with E-state index in [-0.39, 0.29) is 5.92 Å². The van der Waals surface area contributed by atoms with Crippen molar-refractivity contribution in [2.75, 3.05) is 0 Å². The molecule has 0 spiro atoms. The van der Waals surface area contributed by atoms with E-state index in [1.54, 1.807) is 0 Å². The van der Waals surface area contributed by atoms with Crippen molar-refractivity contribution < 1.29 is 10.2 Å². The highest BCUT2D eigenvalue weighted by Gasteiger charge is 2.42. The molecule has 2 heteroatoms. The van der Waals surface area contributed by atoms with Gasteiger partial charge in [-0.25, -0.2) is 0 Å². The molecule has 0 saturated carbocycles. The second-order valence-electron chi connectivity index (χ2n) is 9.04. The average molecular weight is 357 g/mol. The van der Waals surface area contributed by atoms with Gasteiger partial charge in [0.05, 0.1) is 0 Å². The van der Waals surface area contributed by atoms with Crippen molar-refractivity contribution in [2.24, 2.45) is 11.8 Å². The van der Waals surface area contributed by atoms with Gasteiger partial charge in [0, 0.05) is 0 Å². The summed E-state index contributed by atoms with van der Waals surface area (Å²) in [5, 5.41) is 22.4. The fourth-order valence-electron chi connectivity index (χ4n) is 3.46. The van der Waals surface area contributed by atoms with Crippen molar-refractivity contribution in [3.8, 4) is 0 Å². The number of benzene rings is 1. The quantitative estimate of drug-likeness (QED) is 0.714. The zero-order valence-electron chi connectivity index (χ0n) is 17.7. The van der Waals surface area contributed by atoms with E-state index in [2.05, 4.69) is 65.8 Å². The maximum absolute atomic E-state index is 11.3. The Labute approximate surface area is 159 Å². The highest BCUT2D eigenvalue weighted by atomic mass is 16.3. The second-order valence-corrected chi connectivity index (χ2v) is 9.04. The molecule has 1 aromatic carbocycles. The maximum atomic E-state index is 11.3. The summed E-state index contributed by atoms with van der Waals surface area (Å²) in [6, 6.07) is 6.62. The molecule has 2 N–H and O–H groups in total. The Bertz CT molecular complexity index is 681. The van der Waals surface area contributed by atoms with Gasteiger partial charge in [-0.3, -0.25) is 0 Å². The summed E-state index contributed by atoms with van der Waals surface area (Å²) in [5.41, 5.74) is 4.24. The lowest BCUT2D eigenvalue weighted by Gasteiger charge is -2.39. The van der Waals surface area contributed by atoms with Crippen molar-refractivity contribution in [3.05, 3.63) is 52.6 Å². The van der Waals surface area contributed by atoms with Crippen molar-refractivity contribution in [1.82, 2.24) is 0 Å². The van der Waals surface area contributed by atoms with Crippen LogP contribution in [0.1, 0.15) is 83.9 Å². The molecule has 1 aliphatic carbocycles. The van der Waals surface area contributed by atoms with Crippen LogP contribution in [0.5, 0.6) is 0 Å². The van der Waals surface area contributed by atoms with Gasteiger partial charge in [0.1, 0.15) is 11.7 Å². The monoisotopic (exact) mass is 356 g/mol. The van der Waals surface area contributed by atoms with E-state index in [1.807, 2.05) is 19.9 Å². The maximum Gasteiger partial charge on any atom is 0.116 e. The zero-order valence-corrected chi connectivity index (χ0v) is 17.7. The molecule has 2 nitrogen and oxygen atoms in total. The third kappa shape index (κ3) is 3.97. The van der Waals surface area contributed by atoms with E-state index in [1.165, 1.54) is 11.1 Å². The van der Waals surface area contributed by atoms with Gasteiger partial charge in [-0.15, -0.1) is 0 Å². The molecule has 0 heterocycles. The van der Waals surface area contributed by atoms with Crippen molar-refractivity contribution >= 4 is 5.57 Å². The first kappa shape index (κ1) is 20.9. The summed E-state index contributed by atoms with van der Waals surface area (Å²) in [6.07, 6.45) is 3.02. The first-order valence-electron chi connectivity index (χ1n) is 9.97. The minimum atomic E-state index is -1.24. The summed E-state index contributed by atoms with van der Waals surface area (Å²) >= 11 is 0. The van der Waals surface area contributed by atoms with Gasteiger partial charge in [-0.1, -0.05) is 79.7 Å². The number of rotatable bonds is 5. The topological polar surface area (TPSA) is 40.5 Å². The van der Waals surface area contributed by atoms with Crippen LogP contribution in [-0.4, -0.2) is 21.9 Å². The number of aliphatic hydroxyl groups is 2. The Balaban J connectivity index is 2.67. The van der Waals surface area contributed by atoms with Crippen LogP contribution < -0.4 is 0 Å². The van der Waals surface area contributed by atoms with Crippen molar-refractivity contribution in [1.29, 1.82) is 0 Å². The molecule has 0 amide bonds. The molecule has 0 fully saturated rings. The third-order valence-corrected chi connectivity index (χ3v) is 5.69. The van der Waals surface area contributed by atoms with Crippen LogP contribution in [0.4, 0.5) is 0 Å². The van der Waals surface area contributed by atoms with Crippen LogP contribution in [0.2, 0.25) is 0 Å². The van der Waals surface area contributed by atoms with Crippen LogP contribution >= 0.6 is 0 Å². The van der Waals surface area contributed by atoms with Gasteiger partial charge < -0.3 is 10.2 Å². The molecular formula is C24H36O2. The highest BCUT2D eigenvalue weighted by molar-refractivity contribution is 5.76. The summed E-state index contributed by atoms with van der Waals surface area (Å²) in [6.45, 7) is 17.0. The molecule has 0 aromatic heterocycles. The Kier molecular flexibility index (Phi) is 6.20. The second kappa shape index (κ2) is 7.70. The number of hydrogen-bond donors (Lipinski definition) is 2. The molecule has 1 aliphatic rings. The molecule has 0 saturated heterocycles. The molecule has 2 rings (SSSR count). The summed E-state index contributed by atoms with van der Waals surface area (Å²) in [7, 11) is 0. The number of hydrogen-bond acceptors (Lipinski definition) is 2. The molecule has 26 heavy (non-hydrogen) atoms. The Hall–Kier alpha value is -1.38. The van der Waals surface area contributed by atoms with Gasteiger partial charge in [0.25, 0.3) is 0 Å². The minimum Gasteiger partial charge on any atom is -0.385 e. The molecular weight excluding hydrogens is 320 g/mol. The standard InChI is InChI=1S/C24H36O2/c1-14(2)18-9-19(15(3)4)11-20(10-18)22-12-21(16(5)6)13-24(26,17(7)8)23(22)25/h9-17,23,25-26H,1-8H3. The smallest absolute Gasteiger partial charge is 0.116 e. The molecule has 2 unspecified atom stereocenters. The summed E-state index contributed by atoms with van der Waals surface area (Å²) in [5.74, 6) is 1.05. The van der Waals surface area contributed by atoms with E-state index >= 15 is 0 Å². The zero-order chi connectivity index (χ0) is 19.8. The highest BCUT2D eigenvalue weighted by Crippen LogP contribution is 2.40. The average Bonchev–Trinajstić information content (AvgIpc) is 2.56. The molecule has 0 bridgehead atoms. The fraction of sp³-hybridized carbons (Fsp3) is 0.583. The van der Waals surface area contributed by atoms with Crippen LogP contribution in [-0.2, 0) is 0 Å². The van der Waals surface area contributed by atoms with Crippen LogP contribution in [0.3, 0.4) is 0 Å². The van der Waals surface area contributed by atoms with Crippen LogP contribution in [0.25, 0.3) is 5.57 Å². The number of aliphatic hydroxyl groups excluding tert-OH is 1. The van der Waals surface area contributed by atoms with E-state index in [0.29, 0.717) is 17.8 Å². The third-order valence-electron chi connectivity index (χ3n) is 5.69. The molecule has 1 aromatic rings. The summed E-state index contributed by atoms with van der Waals surface area (Å²) < 4.78 is 0. The summed E-state index contributed by atoms with van der Waals surface area (Å²) in [4.78, 5) is 0. The predicted octanol–water partition coefficient (Wildman–Crippen LogP) is 5.66. The van der Waals surface area contributed by atoms with Crippen LogP contribution in [0, 0.1) is 11.8 Å². The van der Waals surface area contributed by atoms with Gasteiger partial charge in [-0.05, 0) is 57.6 Å². The van der Waals surface area contributed by atoms with Gasteiger partial charge >= 0.3 is 0 Å². The van der Waals surface area contributed by atoms with E-state index in [0.717, 1.165) is 16.7 Å². The SMILES string of the molecule is CC(C)C1=CC(O)(C(C)C)C(O)C(c2cc(C(C)C)cc(C(C)C)c2)=C1. The van der Waals surface area contributed by atoms with E-state index < -0.39 is 11.7 Å². The first-order valence-corrected chi connectivity index (χ1v) is 9.97. The molecule has 144 valence electrons. The molecule has 0 aliphatic heterocycles.